The molecule has 0 fully saturated rings. The van der Waals surface area contributed by atoms with Crippen molar-refractivity contribution in [3.63, 3.8) is 0 Å². The molecule has 1 heterocycles. The average molecular weight is 538 g/mol. The Labute approximate surface area is 226 Å². The zero-order valence-corrected chi connectivity index (χ0v) is 22.4. The summed E-state index contributed by atoms with van der Waals surface area (Å²) in [7, 11) is 0. The number of hydrogen-bond donors (Lipinski definition) is 1. The van der Waals surface area contributed by atoms with Gasteiger partial charge in [0.25, 0.3) is 0 Å². The zero-order chi connectivity index (χ0) is 27.5. The van der Waals surface area contributed by atoms with Crippen molar-refractivity contribution in [1.82, 2.24) is 0 Å². The number of anilines is 1. The van der Waals surface area contributed by atoms with Gasteiger partial charge in [-0.3, -0.25) is 0 Å². The number of rotatable bonds is 7. The smallest absolute Gasteiger partial charge is 0.306 e. The topological polar surface area (TPSA) is 30.5 Å². The van der Waals surface area contributed by atoms with E-state index in [1.165, 1.54) is 43.8 Å². The molecule has 0 saturated carbocycles. The Kier molecular flexibility index (Phi) is 7.97. The molecule has 0 spiro atoms. The molecule has 38 heavy (non-hydrogen) atoms. The number of nitrogens with one attached hydrogen (secondary N) is 1. The Balaban J connectivity index is 1.58. The molecule has 198 valence electrons. The highest BCUT2D eigenvalue weighted by Gasteiger charge is 2.38. The molecule has 0 atom stereocenters. The van der Waals surface area contributed by atoms with E-state index in [1.54, 1.807) is 12.1 Å². The van der Waals surface area contributed by atoms with Crippen LogP contribution in [0.5, 0.6) is 11.5 Å². The Morgan fingerprint density at radius 1 is 1.00 bits per heavy atom. The number of ether oxygens (including phenoxy) is 2. The summed E-state index contributed by atoms with van der Waals surface area (Å²) in [6, 6.07) is 19.1. The number of para-hydroxylation sites is 1. The van der Waals surface area contributed by atoms with Crippen molar-refractivity contribution in [2.45, 2.75) is 39.0 Å². The molecule has 3 nitrogen and oxygen atoms in total. The highest BCUT2D eigenvalue weighted by Crippen LogP contribution is 2.40. The summed E-state index contributed by atoms with van der Waals surface area (Å²) in [6.07, 6.45) is 1.89. The monoisotopic (exact) mass is 537 g/mol. The van der Waals surface area contributed by atoms with E-state index in [9.17, 15) is 4.39 Å². The van der Waals surface area contributed by atoms with Crippen molar-refractivity contribution in [2.24, 2.45) is 0 Å². The van der Waals surface area contributed by atoms with Gasteiger partial charge >= 0.3 is 5.92 Å². The second-order valence-electron chi connectivity index (χ2n) is 9.64. The second-order valence-corrected chi connectivity index (χ2v) is 10.8. The summed E-state index contributed by atoms with van der Waals surface area (Å²) in [5.41, 5.74) is 0.877. The van der Waals surface area contributed by atoms with Gasteiger partial charge in [-0.05, 0) is 79.4 Å². The number of hydrogen-bond acceptors (Lipinski definition) is 4. The molecule has 1 aliphatic heterocycles. The number of halogens is 3. The Hall–Kier alpha value is -3.58. The van der Waals surface area contributed by atoms with Crippen LogP contribution in [0, 0.1) is 0 Å². The maximum atomic E-state index is 15.3. The lowest BCUT2D eigenvalue weighted by atomic mass is 9.93. The molecule has 4 rings (SSSR count). The van der Waals surface area contributed by atoms with Gasteiger partial charge in [0.2, 0.25) is 0 Å². The van der Waals surface area contributed by atoms with E-state index in [4.69, 9.17) is 9.47 Å². The van der Waals surface area contributed by atoms with Crippen molar-refractivity contribution in [3.8, 4) is 11.5 Å². The van der Waals surface area contributed by atoms with E-state index in [-0.39, 0.29) is 29.0 Å². The lowest BCUT2D eigenvalue weighted by molar-refractivity contribution is -0.0471. The molecule has 0 unspecified atom stereocenters. The maximum Gasteiger partial charge on any atom is 0.306 e. The molecular formula is C31H30F3NO2S. The van der Waals surface area contributed by atoms with Crippen LogP contribution in [0.1, 0.15) is 43.0 Å². The first-order valence-corrected chi connectivity index (χ1v) is 12.9. The van der Waals surface area contributed by atoms with Crippen LogP contribution in [0.25, 0.3) is 6.08 Å². The van der Waals surface area contributed by atoms with E-state index in [0.29, 0.717) is 10.8 Å². The van der Waals surface area contributed by atoms with Crippen LogP contribution >= 0.6 is 11.8 Å². The number of alkyl halides is 3. The minimum Gasteiger partial charge on any atom is -0.485 e. The fourth-order valence-corrected chi connectivity index (χ4v) is 4.70. The number of thioether (sulfide) groups is 1. The van der Waals surface area contributed by atoms with E-state index in [0.717, 1.165) is 21.7 Å². The van der Waals surface area contributed by atoms with Gasteiger partial charge in [-0.2, -0.15) is 8.78 Å². The first-order chi connectivity index (χ1) is 17.9. The van der Waals surface area contributed by atoms with Crippen molar-refractivity contribution < 1.29 is 22.6 Å². The van der Waals surface area contributed by atoms with E-state index >= 15 is 8.78 Å². The number of benzene rings is 3. The van der Waals surface area contributed by atoms with Crippen molar-refractivity contribution in [3.05, 3.63) is 118 Å². The van der Waals surface area contributed by atoms with Crippen LogP contribution in [0.3, 0.4) is 0 Å². The summed E-state index contributed by atoms with van der Waals surface area (Å²) in [4.78, 5) is 0.849. The van der Waals surface area contributed by atoms with E-state index < -0.39 is 18.2 Å². The maximum absolute atomic E-state index is 15.3. The summed E-state index contributed by atoms with van der Waals surface area (Å²) in [5.74, 6) is -2.79. The fraction of sp³-hybridized carbons (Fsp3) is 0.226. The lowest BCUT2D eigenvalue weighted by Crippen LogP contribution is -2.25. The predicted octanol–water partition coefficient (Wildman–Crippen LogP) is 9.19. The minimum atomic E-state index is -3.34. The molecule has 0 amide bonds. The Morgan fingerprint density at radius 3 is 2.42 bits per heavy atom. The molecular weight excluding hydrogens is 507 g/mol. The number of allylic oxidation sites excluding steroid dienone is 1. The van der Waals surface area contributed by atoms with Crippen molar-refractivity contribution in [2.75, 3.05) is 11.9 Å². The normalized spacial score (nSPS) is 14.9. The predicted molar refractivity (Wildman–Crippen MR) is 150 cm³/mol. The third-order valence-electron chi connectivity index (χ3n) is 5.96. The van der Waals surface area contributed by atoms with Crippen molar-refractivity contribution in [1.29, 1.82) is 0 Å². The van der Waals surface area contributed by atoms with Gasteiger partial charge < -0.3 is 14.8 Å². The van der Waals surface area contributed by atoms with Crippen LogP contribution in [-0.2, 0) is 18.2 Å². The molecule has 0 radical (unpaired) electrons. The summed E-state index contributed by atoms with van der Waals surface area (Å²) in [5, 5.41) is 3.96. The van der Waals surface area contributed by atoms with Crippen LogP contribution in [0.2, 0.25) is 0 Å². The molecule has 7 heteroatoms. The summed E-state index contributed by atoms with van der Waals surface area (Å²) < 4.78 is 56.5. The third kappa shape index (κ3) is 6.64. The van der Waals surface area contributed by atoms with Gasteiger partial charge in [0.15, 0.2) is 18.1 Å². The SMILES string of the molecule is C=C(Nc1ccccc1)S/C(=C/c1ccc2c(c1)OCC(F)(F)c1cc(C(C)(C)F)ccc1CO2)C(=C)C. The summed E-state index contributed by atoms with van der Waals surface area (Å²) in [6.45, 7) is 11.7. The van der Waals surface area contributed by atoms with E-state index in [1.807, 2.05) is 49.4 Å². The molecule has 1 aliphatic rings. The van der Waals surface area contributed by atoms with Gasteiger partial charge in [-0.15, -0.1) is 0 Å². The Bertz CT molecular complexity index is 1380. The summed E-state index contributed by atoms with van der Waals surface area (Å²) >= 11 is 1.42. The minimum absolute atomic E-state index is 0.0959. The molecule has 0 bridgehead atoms. The van der Waals surface area contributed by atoms with Gasteiger partial charge in [0, 0.05) is 16.2 Å². The lowest BCUT2D eigenvalue weighted by Gasteiger charge is -2.22. The average Bonchev–Trinajstić information content (AvgIpc) is 2.91. The van der Waals surface area contributed by atoms with Crippen LogP contribution in [0.4, 0.5) is 18.9 Å². The van der Waals surface area contributed by atoms with Crippen LogP contribution < -0.4 is 14.8 Å². The molecule has 3 aromatic carbocycles. The highest BCUT2D eigenvalue weighted by molar-refractivity contribution is 8.07. The fourth-order valence-electron chi connectivity index (χ4n) is 3.89. The largest absolute Gasteiger partial charge is 0.485 e. The quantitative estimate of drug-likeness (QED) is 0.304. The first kappa shape index (κ1) is 27.5. The highest BCUT2D eigenvalue weighted by atomic mass is 32.2. The van der Waals surface area contributed by atoms with E-state index in [2.05, 4.69) is 18.5 Å². The molecule has 0 saturated heterocycles. The third-order valence-corrected chi connectivity index (χ3v) is 6.99. The molecule has 0 aliphatic carbocycles. The molecule has 0 aromatic heterocycles. The second kappa shape index (κ2) is 11.0. The van der Waals surface area contributed by atoms with Crippen LogP contribution in [-0.4, -0.2) is 6.61 Å². The van der Waals surface area contributed by atoms with Gasteiger partial charge in [-0.25, -0.2) is 4.39 Å². The van der Waals surface area contributed by atoms with Gasteiger partial charge in [0.05, 0.1) is 5.03 Å². The molecule has 3 aromatic rings. The van der Waals surface area contributed by atoms with Gasteiger partial charge in [-0.1, -0.05) is 61.3 Å². The zero-order valence-electron chi connectivity index (χ0n) is 21.6. The first-order valence-electron chi connectivity index (χ1n) is 12.1. The van der Waals surface area contributed by atoms with Crippen LogP contribution in [0.15, 0.2) is 95.4 Å². The van der Waals surface area contributed by atoms with Gasteiger partial charge in [0.1, 0.15) is 12.3 Å². The number of fused-ring (bicyclic) bond motifs is 2. The van der Waals surface area contributed by atoms with Crippen molar-refractivity contribution >= 4 is 23.5 Å². The Morgan fingerprint density at radius 2 is 1.74 bits per heavy atom. The molecule has 1 N–H and O–H groups in total. The standard InChI is InChI=1S/C31H30F3NO2S/c1-20(2)29(38-21(3)35-25-9-7-6-8-10-25)16-22-11-14-27-28(15-22)37-19-31(33,34)26-17-24(30(4,5)32)13-12-23(26)18-36-27/h6-17,35H,1,3,18-19H2,2,4-5H3/b29-16+.